The van der Waals surface area contributed by atoms with Gasteiger partial charge in [-0.3, -0.25) is 4.49 Å². The van der Waals surface area contributed by atoms with E-state index in [1.807, 2.05) is 0 Å². The van der Waals surface area contributed by atoms with Crippen LogP contribution in [0.25, 0.3) is 5.57 Å². The van der Waals surface area contributed by atoms with Crippen LogP contribution in [0, 0.1) is 20.8 Å². The Morgan fingerprint density at radius 1 is 0.960 bits per heavy atom. The average molecular weight is 331 g/mol. The molecule has 1 aromatic carbocycles. The van der Waals surface area contributed by atoms with Gasteiger partial charge in [-0.1, -0.05) is 29.8 Å². The van der Waals surface area contributed by atoms with Crippen molar-refractivity contribution >= 4 is 18.1 Å². The quantitative estimate of drug-likeness (QED) is 0.728. The van der Waals surface area contributed by atoms with E-state index >= 15 is 0 Å². The summed E-state index contributed by atoms with van der Waals surface area (Å²) in [5, 5.41) is 0. The first kappa shape index (κ1) is 17.5. The van der Waals surface area contributed by atoms with Gasteiger partial charge in [-0.25, -0.2) is 0 Å². The minimum Gasteiger partial charge on any atom is -0.358 e. The molecule has 1 aliphatic heterocycles. The second-order valence-corrected chi connectivity index (χ2v) is 7.53. The summed E-state index contributed by atoms with van der Waals surface area (Å²) in [4.78, 5) is 3.61. The molecule has 0 aliphatic carbocycles. The van der Waals surface area contributed by atoms with Gasteiger partial charge >= 0.3 is 6.85 Å². The molecule has 3 heteroatoms. The van der Waals surface area contributed by atoms with Crippen molar-refractivity contribution in [3.8, 4) is 0 Å². The van der Waals surface area contributed by atoms with Crippen molar-refractivity contribution in [2.75, 3.05) is 0 Å². The first-order valence-corrected chi connectivity index (χ1v) is 9.09. The summed E-state index contributed by atoms with van der Waals surface area (Å²) in [5.41, 5.74) is 11.5. The highest BCUT2D eigenvalue weighted by Gasteiger charge is 2.34. The van der Waals surface area contributed by atoms with Gasteiger partial charge in [0.25, 0.3) is 0 Å². The number of H-pyrrole nitrogens is 1. The van der Waals surface area contributed by atoms with Crippen LogP contribution < -0.4 is 0 Å². The number of aromatic amines is 1. The molecule has 2 nitrogen and oxygen atoms in total. The summed E-state index contributed by atoms with van der Waals surface area (Å²) in [5.74, 6) is 0. The van der Waals surface area contributed by atoms with Crippen LogP contribution >= 0.6 is 0 Å². The summed E-state index contributed by atoms with van der Waals surface area (Å²) in [6.45, 7) is 15.8. The Morgan fingerprint density at radius 3 is 2.12 bits per heavy atom. The molecule has 0 bridgehead atoms. The lowest BCUT2D eigenvalue weighted by Gasteiger charge is -2.14. The van der Waals surface area contributed by atoms with Gasteiger partial charge in [0, 0.05) is 24.3 Å². The van der Waals surface area contributed by atoms with Crippen molar-refractivity contribution in [3.63, 3.8) is 0 Å². The lowest BCUT2D eigenvalue weighted by Crippen LogP contribution is -2.26. The maximum Gasteiger partial charge on any atom is 0.483 e. The summed E-state index contributed by atoms with van der Waals surface area (Å²) < 4.78 is 2.46. The molecule has 0 unspecified atom stereocenters. The van der Waals surface area contributed by atoms with E-state index in [1.54, 1.807) is 0 Å². The normalized spacial score (nSPS) is 16.4. The number of benzene rings is 1. The number of hydrogen-bond acceptors (Lipinski definition) is 0. The molecular weight excluding hydrogens is 303 g/mol. The van der Waals surface area contributed by atoms with Gasteiger partial charge in [-0.05, 0) is 58.5 Å². The van der Waals surface area contributed by atoms with E-state index < -0.39 is 0 Å². The van der Waals surface area contributed by atoms with Gasteiger partial charge in [-0.15, -0.1) is 0 Å². The highest BCUT2D eigenvalue weighted by atomic mass is 15.0. The Kier molecular flexibility index (Phi) is 4.59. The van der Waals surface area contributed by atoms with Gasteiger partial charge < -0.3 is 4.98 Å². The summed E-state index contributed by atoms with van der Waals surface area (Å²) in [6, 6.07) is 11.1. The number of allylic oxidation sites excluding steroid dienone is 2. The second-order valence-electron chi connectivity index (χ2n) is 7.53. The number of nitrogens with zero attached hydrogens (tertiary/aromatic N) is 1. The van der Waals surface area contributed by atoms with Crippen LogP contribution in [0.1, 0.15) is 41.9 Å². The van der Waals surface area contributed by atoms with Gasteiger partial charge in [-0.2, -0.15) is 0 Å². The molecule has 0 fully saturated rings. The fourth-order valence-electron chi connectivity index (χ4n) is 3.91. The third-order valence-electron chi connectivity index (χ3n) is 4.91. The highest BCUT2D eigenvalue weighted by Crippen LogP contribution is 2.35. The van der Waals surface area contributed by atoms with Crippen LogP contribution in [0.15, 0.2) is 47.7 Å². The van der Waals surface area contributed by atoms with Crippen LogP contribution in [-0.4, -0.2) is 22.0 Å². The number of hydrogen-bond donors (Lipinski definition) is 1. The lowest BCUT2D eigenvalue weighted by atomic mass is 9.66. The van der Waals surface area contributed by atoms with Crippen molar-refractivity contribution < 1.29 is 4.49 Å². The van der Waals surface area contributed by atoms with Gasteiger partial charge in [0.1, 0.15) is 0 Å². The third-order valence-corrected chi connectivity index (χ3v) is 4.91. The van der Waals surface area contributed by atoms with Crippen LogP contribution in [0.5, 0.6) is 0 Å². The standard InChI is InChI=1S/C22H27BN2/c1-14-8-10-19(11-9-14)20(21-15(2)12-17(4)24-21)22-16(3)13-18(5)25(22)23(6)7/h8-13H,1-7H3/p+1. The smallest absolute Gasteiger partial charge is 0.358 e. The van der Waals surface area contributed by atoms with Crippen LogP contribution in [0.4, 0.5) is 0 Å². The molecule has 0 atom stereocenters. The maximum atomic E-state index is 3.61. The number of rotatable bonds is 3. The minimum atomic E-state index is 0.417. The van der Waals surface area contributed by atoms with E-state index in [-0.39, 0.29) is 0 Å². The molecule has 25 heavy (non-hydrogen) atoms. The molecule has 128 valence electrons. The Hall–Kier alpha value is -2.29. The van der Waals surface area contributed by atoms with Gasteiger partial charge in [0.2, 0.25) is 0 Å². The molecule has 1 aromatic heterocycles. The van der Waals surface area contributed by atoms with Crippen molar-refractivity contribution in [2.24, 2.45) is 0 Å². The van der Waals surface area contributed by atoms with Crippen molar-refractivity contribution in [1.29, 1.82) is 0 Å². The first-order chi connectivity index (χ1) is 11.8. The molecule has 0 saturated heterocycles. The number of aryl methyl sites for hydroxylation is 3. The molecule has 0 spiro atoms. The second kappa shape index (κ2) is 6.55. The molecule has 3 rings (SSSR count). The monoisotopic (exact) mass is 331 g/mol. The Balaban J connectivity index is 2.37. The number of aromatic nitrogens is 1. The molecule has 2 heterocycles. The van der Waals surface area contributed by atoms with Gasteiger partial charge in [0.15, 0.2) is 11.4 Å². The third kappa shape index (κ3) is 3.16. The van der Waals surface area contributed by atoms with Crippen LogP contribution in [0.3, 0.4) is 0 Å². The van der Waals surface area contributed by atoms with E-state index in [0.717, 1.165) is 0 Å². The summed E-state index contributed by atoms with van der Waals surface area (Å²) in [6.07, 6.45) is 2.30. The molecule has 0 radical (unpaired) electrons. The molecule has 0 amide bonds. The predicted molar refractivity (Wildman–Crippen MR) is 110 cm³/mol. The zero-order valence-electron chi connectivity index (χ0n) is 16.5. The summed E-state index contributed by atoms with van der Waals surface area (Å²) in [7, 11) is 0. The maximum absolute atomic E-state index is 3.61. The van der Waals surface area contributed by atoms with Crippen LogP contribution in [0.2, 0.25) is 13.6 Å². The van der Waals surface area contributed by atoms with Crippen LogP contribution in [-0.2, 0) is 0 Å². The average Bonchev–Trinajstić information content (AvgIpc) is 3.01. The zero-order valence-corrected chi connectivity index (χ0v) is 16.5. The Bertz CT molecular complexity index is 906. The fraction of sp³-hybridized carbons (Fsp3) is 0.318. The lowest BCUT2D eigenvalue weighted by molar-refractivity contribution is -0.319. The zero-order chi connectivity index (χ0) is 18.3. The van der Waals surface area contributed by atoms with E-state index in [2.05, 4.69) is 94.1 Å². The van der Waals surface area contributed by atoms with E-state index in [4.69, 9.17) is 0 Å². The molecular formula is C22H28BN2+. The van der Waals surface area contributed by atoms with E-state index in [0.29, 0.717) is 6.85 Å². The molecule has 2 aromatic rings. The topological polar surface area (TPSA) is 18.8 Å². The molecule has 0 saturated carbocycles. The van der Waals surface area contributed by atoms with Crippen molar-refractivity contribution in [2.45, 2.75) is 48.3 Å². The largest absolute Gasteiger partial charge is 0.483 e. The fourth-order valence-corrected chi connectivity index (χ4v) is 3.91. The predicted octanol–water partition coefficient (Wildman–Crippen LogP) is 5.38. The Morgan fingerprint density at radius 2 is 1.60 bits per heavy atom. The van der Waals surface area contributed by atoms with Gasteiger partial charge in [0.05, 0.1) is 11.3 Å². The van der Waals surface area contributed by atoms with E-state index in [9.17, 15) is 0 Å². The summed E-state index contributed by atoms with van der Waals surface area (Å²) >= 11 is 0. The number of nitrogens with one attached hydrogen (secondary N) is 1. The molecule has 1 aliphatic rings. The highest BCUT2D eigenvalue weighted by molar-refractivity contribution is 6.48. The first-order valence-electron chi connectivity index (χ1n) is 9.09. The minimum absolute atomic E-state index is 0.417. The Labute approximate surface area is 152 Å². The van der Waals surface area contributed by atoms with Crippen molar-refractivity contribution in [1.82, 2.24) is 4.98 Å². The van der Waals surface area contributed by atoms with Crippen molar-refractivity contribution in [3.05, 3.63) is 75.8 Å². The SMILES string of the molecule is CB(C)[N+]1=C(C)C=C(C)/C1=C(\c1ccc(C)cc1)c1[nH]c(C)cc1C. The van der Waals surface area contributed by atoms with E-state index in [1.165, 1.54) is 50.6 Å². The molecule has 1 N–H and O–H groups in total.